The lowest BCUT2D eigenvalue weighted by molar-refractivity contribution is -0.118. The third kappa shape index (κ3) is 28.3. The molecule has 0 aromatic carbocycles. The first-order chi connectivity index (χ1) is 4.54. The summed E-state index contributed by atoms with van der Waals surface area (Å²) in [6, 6.07) is 0. The normalized spacial score (nSPS) is 6.80. The summed E-state index contributed by atoms with van der Waals surface area (Å²) in [5.74, 6) is 0.259. The maximum Gasteiger partial charge on any atom is 0.216 e. The molecule has 1 amide bonds. The Bertz CT molecular complexity index is 98.3. The molecule has 4 nitrogen and oxygen atoms in total. The Labute approximate surface area is 61.1 Å². The number of hydrogen-bond acceptors (Lipinski definition) is 3. The van der Waals surface area contributed by atoms with E-state index in [9.17, 15) is 4.79 Å². The standard InChI is InChI=1S/2C3H7NO/c1-3(4)5-2;1-3(5)4-2/h4H,1-2H3;1-2H3,(H,4,5). The van der Waals surface area contributed by atoms with Crippen molar-refractivity contribution in [2.24, 2.45) is 0 Å². The van der Waals surface area contributed by atoms with Crippen LogP contribution in [-0.2, 0) is 9.53 Å². The lowest BCUT2D eigenvalue weighted by Crippen LogP contribution is -2.11. The molecule has 4 heteroatoms. The summed E-state index contributed by atoms with van der Waals surface area (Å²) in [6.07, 6.45) is 0. The molecule has 10 heavy (non-hydrogen) atoms. The smallest absolute Gasteiger partial charge is 0.216 e. The van der Waals surface area contributed by atoms with Gasteiger partial charge in [-0.2, -0.15) is 0 Å². The Morgan fingerprint density at radius 3 is 1.70 bits per heavy atom. The molecular formula is C6H14N2O2. The van der Waals surface area contributed by atoms with Gasteiger partial charge in [0.1, 0.15) is 0 Å². The average molecular weight is 146 g/mol. The summed E-state index contributed by atoms with van der Waals surface area (Å²) in [4.78, 5) is 9.70. The highest BCUT2D eigenvalue weighted by atomic mass is 16.5. The molecule has 0 aliphatic rings. The Morgan fingerprint density at radius 1 is 1.50 bits per heavy atom. The fourth-order valence-corrected chi connectivity index (χ4v) is 0. The second kappa shape index (κ2) is 7.94. The Morgan fingerprint density at radius 2 is 1.70 bits per heavy atom. The molecule has 0 rings (SSSR count). The quantitative estimate of drug-likeness (QED) is 0.383. The van der Waals surface area contributed by atoms with Gasteiger partial charge in [-0.15, -0.1) is 0 Å². The third-order valence-corrected chi connectivity index (χ3v) is 0.658. The van der Waals surface area contributed by atoms with Crippen molar-refractivity contribution in [1.29, 1.82) is 5.41 Å². The molecule has 0 aliphatic carbocycles. The second-order valence-corrected chi connectivity index (χ2v) is 1.57. The number of nitrogens with one attached hydrogen (secondary N) is 2. The highest BCUT2D eigenvalue weighted by Gasteiger charge is 1.72. The molecule has 0 fully saturated rings. The van der Waals surface area contributed by atoms with E-state index in [4.69, 9.17) is 5.41 Å². The van der Waals surface area contributed by atoms with E-state index < -0.39 is 0 Å². The minimum atomic E-state index is 0.00463. The summed E-state index contributed by atoms with van der Waals surface area (Å²) in [5, 5.41) is 8.91. The molecule has 0 spiro atoms. The summed E-state index contributed by atoms with van der Waals surface area (Å²) >= 11 is 0. The zero-order valence-electron chi connectivity index (χ0n) is 6.82. The first kappa shape index (κ1) is 11.7. The van der Waals surface area contributed by atoms with Crippen LogP contribution in [0.5, 0.6) is 0 Å². The minimum Gasteiger partial charge on any atom is -0.485 e. The molecular weight excluding hydrogens is 132 g/mol. The van der Waals surface area contributed by atoms with Crippen LogP contribution in [0.4, 0.5) is 0 Å². The van der Waals surface area contributed by atoms with Gasteiger partial charge in [0.15, 0.2) is 5.90 Å². The summed E-state index contributed by atoms with van der Waals surface area (Å²) in [6.45, 7) is 3.06. The monoisotopic (exact) mass is 146 g/mol. The first-order valence-electron chi connectivity index (χ1n) is 2.82. The Balaban J connectivity index is 0. The molecule has 0 saturated heterocycles. The highest BCUT2D eigenvalue weighted by Crippen LogP contribution is 1.62. The van der Waals surface area contributed by atoms with Crippen LogP contribution in [0.25, 0.3) is 0 Å². The van der Waals surface area contributed by atoms with Crippen molar-refractivity contribution >= 4 is 11.8 Å². The second-order valence-electron chi connectivity index (χ2n) is 1.57. The maximum atomic E-state index is 9.70. The van der Waals surface area contributed by atoms with Gasteiger partial charge in [0.25, 0.3) is 0 Å². The fourth-order valence-electron chi connectivity index (χ4n) is 0. The molecule has 0 saturated carbocycles. The zero-order chi connectivity index (χ0) is 8.57. The van der Waals surface area contributed by atoms with E-state index >= 15 is 0 Å². The van der Waals surface area contributed by atoms with Crippen molar-refractivity contribution in [1.82, 2.24) is 5.32 Å². The number of amides is 1. The molecule has 0 heterocycles. The van der Waals surface area contributed by atoms with Gasteiger partial charge in [-0.05, 0) is 0 Å². The SMILES string of the molecule is CNC(C)=O.COC(C)=N. The van der Waals surface area contributed by atoms with Gasteiger partial charge in [0.05, 0.1) is 7.11 Å². The minimum absolute atomic E-state index is 0.00463. The van der Waals surface area contributed by atoms with Crippen LogP contribution in [0.2, 0.25) is 0 Å². The van der Waals surface area contributed by atoms with E-state index in [0.717, 1.165) is 0 Å². The lowest BCUT2D eigenvalue weighted by atomic mass is 10.7. The van der Waals surface area contributed by atoms with E-state index in [1.54, 1.807) is 14.0 Å². The zero-order valence-corrected chi connectivity index (χ0v) is 6.82. The van der Waals surface area contributed by atoms with Gasteiger partial charge in [0.2, 0.25) is 5.91 Å². The van der Waals surface area contributed by atoms with E-state index in [0.29, 0.717) is 0 Å². The number of ether oxygens (including phenoxy) is 1. The molecule has 0 radical (unpaired) electrons. The first-order valence-corrected chi connectivity index (χ1v) is 2.82. The van der Waals surface area contributed by atoms with Gasteiger partial charge < -0.3 is 10.1 Å². The highest BCUT2D eigenvalue weighted by molar-refractivity contribution is 5.72. The van der Waals surface area contributed by atoms with Crippen LogP contribution in [-0.4, -0.2) is 26.0 Å². The van der Waals surface area contributed by atoms with Crippen LogP contribution in [0.15, 0.2) is 0 Å². The number of methoxy groups -OCH3 is 1. The van der Waals surface area contributed by atoms with Crippen molar-refractivity contribution in [3.63, 3.8) is 0 Å². The van der Waals surface area contributed by atoms with E-state index in [-0.39, 0.29) is 11.8 Å². The van der Waals surface area contributed by atoms with Gasteiger partial charge in [-0.3, -0.25) is 10.2 Å². The maximum absolute atomic E-state index is 9.70. The Hall–Kier alpha value is -1.06. The van der Waals surface area contributed by atoms with Gasteiger partial charge in [0, 0.05) is 20.9 Å². The van der Waals surface area contributed by atoms with Crippen molar-refractivity contribution < 1.29 is 9.53 Å². The number of hydrogen-bond donors (Lipinski definition) is 2. The fraction of sp³-hybridized carbons (Fsp3) is 0.667. The average Bonchev–Trinajstić information content (AvgIpc) is 1.89. The summed E-state index contributed by atoms with van der Waals surface area (Å²) in [5.41, 5.74) is 0. The van der Waals surface area contributed by atoms with E-state index in [1.165, 1.54) is 14.0 Å². The van der Waals surface area contributed by atoms with Crippen LogP contribution in [0, 0.1) is 5.41 Å². The van der Waals surface area contributed by atoms with Gasteiger partial charge >= 0.3 is 0 Å². The Kier molecular flexibility index (Phi) is 9.29. The van der Waals surface area contributed by atoms with Crippen LogP contribution in [0.3, 0.4) is 0 Å². The third-order valence-electron chi connectivity index (χ3n) is 0.658. The van der Waals surface area contributed by atoms with E-state index in [1.807, 2.05) is 0 Å². The molecule has 2 N–H and O–H groups in total. The predicted molar refractivity (Wildman–Crippen MR) is 40.2 cm³/mol. The van der Waals surface area contributed by atoms with E-state index in [2.05, 4.69) is 10.1 Å². The lowest BCUT2D eigenvalue weighted by Gasteiger charge is -1.85. The number of carbonyl (C=O) groups is 1. The van der Waals surface area contributed by atoms with Crippen molar-refractivity contribution in [2.45, 2.75) is 13.8 Å². The van der Waals surface area contributed by atoms with Crippen molar-refractivity contribution in [3.8, 4) is 0 Å². The topological polar surface area (TPSA) is 62.2 Å². The molecule has 0 aromatic heterocycles. The predicted octanol–water partition coefficient (Wildman–Crippen LogP) is 0.382. The number of rotatable bonds is 0. The van der Waals surface area contributed by atoms with Gasteiger partial charge in [-0.25, -0.2) is 0 Å². The van der Waals surface area contributed by atoms with Crippen molar-refractivity contribution in [3.05, 3.63) is 0 Å². The summed E-state index contributed by atoms with van der Waals surface area (Å²) in [7, 11) is 3.07. The molecule has 60 valence electrons. The molecule has 0 unspecified atom stereocenters. The van der Waals surface area contributed by atoms with Crippen LogP contribution >= 0.6 is 0 Å². The largest absolute Gasteiger partial charge is 0.485 e. The van der Waals surface area contributed by atoms with Crippen LogP contribution in [0.1, 0.15) is 13.8 Å². The number of carbonyl (C=O) groups excluding carboxylic acids is 1. The summed E-state index contributed by atoms with van der Waals surface area (Å²) < 4.78 is 4.33. The molecule has 0 aliphatic heterocycles. The van der Waals surface area contributed by atoms with Crippen molar-refractivity contribution in [2.75, 3.05) is 14.2 Å². The van der Waals surface area contributed by atoms with Crippen LogP contribution < -0.4 is 5.32 Å². The molecule has 0 bridgehead atoms. The molecule has 0 aromatic rings. The van der Waals surface area contributed by atoms with Gasteiger partial charge in [-0.1, -0.05) is 0 Å². The molecule has 0 atom stereocenters.